The number of carbonyl (C=O) groups excluding carboxylic acids is 2. The highest BCUT2D eigenvalue weighted by Crippen LogP contribution is 2.14. The van der Waals surface area contributed by atoms with Crippen LogP contribution in [0.15, 0.2) is 48.5 Å². The summed E-state index contributed by atoms with van der Waals surface area (Å²) in [6, 6.07) is 14.2. The van der Waals surface area contributed by atoms with Crippen molar-refractivity contribution in [1.29, 1.82) is 0 Å². The lowest BCUT2D eigenvalue weighted by atomic mass is 10.1. The highest BCUT2D eigenvalue weighted by Gasteiger charge is 2.09. The van der Waals surface area contributed by atoms with E-state index in [4.69, 9.17) is 4.74 Å². The van der Waals surface area contributed by atoms with E-state index in [9.17, 15) is 9.59 Å². The Labute approximate surface area is 146 Å². The third-order valence-corrected chi connectivity index (χ3v) is 3.96. The highest BCUT2D eigenvalue weighted by atomic mass is 32.2. The van der Waals surface area contributed by atoms with Gasteiger partial charge in [-0.25, -0.2) is 4.79 Å². The van der Waals surface area contributed by atoms with Crippen molar-refractivity contribution in [2.24, 2.45) is 0 Å². The molecule has 0 aliphatic rings. The zero-order valence-corrected chi connectivity index (χ0v) is 14.7. The first-order valence-corrected chi connectivity index (χ1v) is 9.20. The monoisotopic (exact) mass is 343 g/mol. The SMILES string of the molecule is CCCOC(=O)c1ccc(NC(=O)c2ccc(CSC)cc2)cc1. The van der Waals surface area contributed by atoms with Crippen molar-refractivity contribution in [3.05, 3.63) is 65.2 Å². The van der Waals surface area contributed by atoms with E-state index < -0.39 is 0 Å². The van der Waals surface area contributed by atoms with Gasteiger partial charge in [0.25, 0.3) is 5.91 Å². The van der Waals surface area contributed by atoms with Crippen LogP contribution in [0.3, 0.4) is 0 Å². The lowest BCUT2D eigenvalue weighted by Gasteiger charge is -2.07. The van der Waals surface area contributed by atoms with Crippen molar-refractivity contribution in [1.82, 2.24) is 0 Å². The standard InChI is InChI=1S/C19H21NO3S/c1-3-12-23-19(22)16-8-10-17(11-9-16)20-18(21)15-6-4-14(5-7-15)13-24-2/h4-11H,3,12-13H2,1-2H3,(H,20,21). The van der Waals surface area contributed by atoms with Crippen LogP contribution in [0.5, 0.6) is 0 Å². The van der Waals surface area contributed by atoms with E-state index in [2.05, 4.69) is 5.32 Å². The summed E-state index contributed by atoms with van der Waals surface area (Å²) in [4.78, 5) is 24.0. The zero-order valence-electron chi connectivity index (χ0n) is 13.9. The van der Waals surface area contributed by atoms with Crippen LogP contribution in [0.25, 0.3) is 0 Å². The van der Waals surface area contributed by atoms with Crippen molar-refractivity contribution in [2.75, 3.05) is 18.2 Å². The predicted molar refractivity (Wildman–Crippen MR) is 98.6 cm³/mol. The van der Waals surface area contributed by atoms with Gasteiger partial charge in [-0.2, -0.15) is 11.8 Å². The Morgan fingerprint density at radius 3 is 2.21 bits per heavy atom. The third-order valence-electron chi connectivity index (χ3n) is 3.34. The van der Waals surface area contributed by atoms with Crippen molar-refractivity contribution in [3.63, 3.8) is 0 Å². The van der Waals surface area contributed by atoms with Crippen molar-refractivity contribution in [2.45, 2.75) is 19.1 Å². The Bertz CT molecular complexity index is 681. The fraction of sp³-hybridized carbons (Fsp3) is 0.263. The minimum atomic E-state index is -0.348. The van der Waals surface area contributed by atoms with Gasteiger partial charge in [0.05, 0.1) is 12.2 Å². The molecule has 1 N–H and O–H groups in total. The minimum absolute atomic E-state index is 0.174. The van der Waals surface area contributed by atoms with Gasteiger partial charge >= 0.3 is 5.97 Å². The van der Waals surface area contributed by atoms with E-state index in [1.165, 1.54) is 5.56 Å². The number of benzene rings is 2. The van der Waals surface area contributed by atoms with E-state index in [-0.39, 0.29) is 11.9 Å². The Kier molecular flexibility index (Phi) is 6.88. The molecule has 0 saturated carbocycles. The lowest BCUT2D eigenvalue weighted by molar-refractivity contribution is 0.0505. The van der Waals surface area contributed by atoms with Crippen molar-refractivity contribution >= 4 is 29.3 Å². The molecule has 2 aromatic carbocycles. The molecule has 0 heterocycles. The molecule has 5 heteroatoms. The molecule has 0 fully saturated rings. The van der Waals surface area contributed by atoms with E-state index in [1.54, 1.807) is 36.0 Å². The number of anilines is 1. The van der Waals surface area contributed by atoms with Crippen molar-refractivity contribution in [3.8, 4) is 0 Å². The second-order valence-corrected chi connectivity index (χ2v) is 6.16. The summed E-state index contributed by atoms with van der Waals surface area (Å²) in [5.41, 5.74) is 2.91. The summed E-state index contributed by atoms with van der Waals surface area (Å²) in [6.07, 6.45) is 2.83. The van der Waals surface area contributed by atoms with Crippen molar-refractivity contribution < 1.29 is 14.3 Å². The second kappa shape index (κ2) is 9.13. The molecule has 0 saturated heterocycles. The molecule has 0 radical (unpaired) electrons. The quantitative estimate of drug-likeness (QED) is 0.759. The molecular formula is C19H21NO3S. The van der Waals surface area contributed by atoms with E-state index in [0.29, 0.717) is 23.4 Å². The molecule has 4 nitrogen and oxygen atoms in total. The molecule has 126 valence electrons. The van der Waals surface area contributed by atoms with Gasteiger partial charge in [0.15, 0.2) is 0 Å². The topological polar surface area (TPSA) is 55.4 Å². The first kappa shape index (κ1) is 18.1. The number of rotatable bonds is 7. The first-order chi connectivity index (χ1) is 11.6. The maximum absolute atomic E-state index is 12.2. The summed E-state index contributed by atoms with van der Waals surface area (Å²) in [5.74, 6) is 0.406. The molecule has 0 atom stereocenters. The zero-order chi connectivity index (χ0) is 17.4. The molecule has 0 aromatic heterocycles. The van der Waals surface area contributed by atoms with E-state index in [0.717, 1.165) is 12.2 Å². The van der Waals surface area contributed by atoms with Gasteiger partial charge in [-0.05, 0) is 54.6 Å². The molecule has 0 bridgehead atoms. The summed E-state index contributed by atoms with van der Waals surface area (Å²) in [6.45, 7) is 2.35. The molecule has 0 aliphatic carbocycles. The van der Waals surface area contributed by atoms with Crippen LogP contribution < -0.4 is 5.32 Å². The lowest BCUT2D eigenvalue weighted by Crippen LogP contribution is -2.12. The predicted octanol–water partition coefficient (Wildman–Crippen LogP) is 4.37. The number of ether oxygens (including phenoxy) is 1. The number of carbonyl (C=O) groups is 2. The van der Waals surface area contributed by atoms with Gasteiger partial charge in [-0.1, -0.05) is 19.1 Å². The Morgan fingerprint density at radius 2 is 1.62 bits per heavy atom. The molecule has 2 rings (SSSR count). The number of nitrogens with one attached hydrogen (secondary N) is 1. The van der Waals surface area contributed by atoms with Gasteiger partial charge in [-0.15, -0.1) is 0 Å². The number of hydrogen-bond donors (Lipinski definition) is 1. The largest absolute Gasteiger partial charge is 0.462 e. The van der Waals surface area contributed by atoms with Gasteiger partial charge in [-0.3, -0.25) is 4.79 Å². The number of amides is 1. The molecule has 1 amide bonds. The van der Waals surface area contributed by atoms with Gasteiger partial charge in [0.1, 0.15) is 0 Å². The fourth-order valence-electron chi connectivity index (χ4n) is 2.09. The Morgan fingerprint density at radius 1 is 1.00 bits per heavy atom. The van der Waals surface area contributed by atoms with Crippen LogP contribution in [0.1, 0.15) is 39.6 Å². The highest BCUT2D eigenvalue weighted by molar-refractivity contribution is 7.97. The van der Waals surface area contributed by atoms with Crippen LogP contribution >= 0.6 is 11.8 Å². The third kappa shape index (κ3) is 5.13. The van der Waals surface area contributed by atoms with Crippen LogP contribution in [0.2, 0.25) is 0 Å². The Balaban J connectivity index is 1.97. The van der Waals surface area contributed by atoms with Crippen LogP contribution in [0, 0.1) is 0 Å². The minimum Gasteiger partial charge on any atom is -0.462 e. The van der Waals surface area contributed by atoms with E-state index >= 15 is 0 Å². The summed E-state index contributed by atoms with van der Waals surface area (Å²) in [5, 5.41) is 2.82. The van der Waals surface area contributed by atoms with Gasteiger partial charge in [0, 0.05) is 17.0 Å². The molecule has 2 aromatic rings. The maximum Gasteiger partial charge on any atom is 0.338 e. The molecule has 0 unspecified atom stereocenters. The molecule has 24 heavy (non-hydrogen) atoms. The average Bonchev–Trinajstić information content (AvgIpc) is 2.61. The molecule has 0 aliphatic heterocycles. The average molecular weight is 343 g/mol. The fourth-order valence-corrected chi connectivity index (χ4v) is 2.62. The second-order valence-electron chi connectivity index (χ2n) is 5.30. The first-order valence-electron chi connectivity index (χ1n) is 7.80. The molecule has 0 spiro atoms. The van der Waals surface area contributed by atoms with Crippen LogP contribution in [0.4, 0.5) is 5.69 Å². The van der Waals surface area contributed by atoms with Crippen LogP contribution in [-0.4, -0.2) is 24.7 Å². The van der Waals surface area contributed by atoms with Gasteiger partial charge in [0.2, 0.25) is 0 Å². The summed E-state index contributed by atoms with van der Waals surface area (Å²) >= 11 is 1.74. The molecular weight excluding hydrogens is 322 g/mol. The Hall–Kier alpha value is -2.27. The number of thioether (sulfide) groups is 1. The summed E-state index contributed by atoms with van der Waals surface area (Å²) in [7, 11) is 0. The normalized spacial score (nSPS) is 10.2. The van der Waals surface area contributed by atoms with Crippen LogP contribution in [-0.2, 0) is 10.5 Å². The van der Waals surface area contributed by atoms with E-state index in [1.807, 2.05) is 37.4 Å². The summed E-state index contributed by atoms with van der Waals surface area (Å²) < 4.78 is 5.07. The smallest absolute Gasteiger partial charge is 0.338 e. The van der Waals surface area contributed by atoms with Gasteiger partial charge < -0.3 is 10.1 Å². The maximum atomic E-state index is 12.2. The number of hydrogen-bond acceptors (Lipinski definition) is 4. The number of esters is 1.